The van der Waals surface area contributed by atoms with Gasteiger partial charge in [0, 0.05) is 4.47 Å². The number of hydrogen-bond acceptors (Lipinski definition) is 1. The van der Waals surface area contributed by atoms with Crippen molar-refractivity contribution < 1.29 is 4.39 Å². The topological polar surface area (TPSA) is 26.0 Å². The predicted octanol–water partition coefficient (Wildman–Crippen LogP) is 3.05. The second-order valence-electron chi connectivity index (χ2n) is 3.16. The third-order valence-electron chi connectivity index (χ3n) is 2.14. The second-order valence-corrected chi connectivity index (χ2v) is 4.08. The molecule has 0 radical (unpaired) electrons. The van der Waals surface area contributed by atoms with Crippen LogP contribution in [0, 0.1) is 5.82 Å². The summed E-state index contributed by atoms with van der Waals surface area (Å²) in [6.07, 6.45) is 2.28. The van der Waals surface area contributed by atoms with Gasteiger partial charge in [-0.25, -0.2) is 4.39 Å². The highest BCUT2D eigenvalue weighted by atomic mass is 79.9. The van der Waals surface area contributed by atoms with Crippen LogP contribution >= 0.6 is 15.9 Å². The van der Waals surface area contributed by atoms with Gasteiger partial charge in [0.2, 0.25) is 0 Å². The fourth-order valence-electron chi connectivity index (χ4n) is 1.34. The van der Waals surface area contributed by atoms with Crippen LogP contribution < -0.4 is 5.73 Å². The van der Waals surface area contributed by atoms with Crippen LogP contribution in [0.3, 0.4) is 0 Å². The van der Waals surface area contributed by atoms with E-state index in [4.69, 9.17) is 5.73 Å². The highest BCUT2D eigenvalue weighted by Gasteiger charge is 2.26. The van der Waals surface area contributed by atoms with E-state index in [9.17, 15) is 4.39 Å². The Morgan fingerprint density at radius 3 is 2.67 bits per heavy atom. The average molecular weight is 230 g/mol. The first kappa shape index (κ1) is 8.05. The van der Waals surface area contributed by atoms with E-state index in [1.807, 2.05) is 6.07 Å². The number of halogens is 2. The Kier molecular flexibility index (Phi) is 1.83. The molecule has 2 N–H and O–H groups in total. The van der Waals surface area contributed by atoms with E-state index in [2.05, 4.69) is 15.9 Å². The molecular formula is C9H9BrFN. The molecule has 0 amide bonds. The minimum absolute atomic E-state index is 0.314. The van der Waals surface area contributed by atoms with Crippen LogP contribution in [0.4, 0.5) is 10.1 Å². The minimum atomic E-state index is -0.314. The maximum absolute atomic E-state index is 13.1. The van der Waals surface area contributed by atoms with Crippen molar-refractivity contribution in [1.29, 1.82) is 0 Å². The number of rotatable bonds is 1. The van der Waals surface area contributed by atoms with E-state index in [1.165, 1.54) is 6.07 Å². The summed E-state index contributed by atoms with van der Waals surface area (Å²) in [7, 11) is 0. The van der Waals surface area contributed by atoms with Crippen molar-refractivity contribution in [3.8, 4) is 0 Å². The van der Waals surface area contributed by atoms with E-state index in [-0.39, 0.29) is 5.82 Å². The second kappa shape index (κ2) is 2.73. The van der Waals surface area contributed by atoms with Gasteiger partial charge in [-0.3, -0.25) is 0 Å². The first-order chi connectivity index (χ1) is 5.68. The Morgan fingerprint density at radius 1 is 1.42 bits per heavy atom. The number of benzene rings is 1. The average Bonchev–Trinajstić information content (AvgIpc) is 2.79. The van der Waals surface area contributed by atoms with Gasteiger partial charge >= 0.3 is 0 Å². The lowest BCUT2D eigenvalue weighted by molar-refractivity contribution is 0.629. The number of hydrogen-bond donors (Lipinski definition) is 1. The zero-order valence-electron chi connectivity index (χ0n) is 6.48. The summed E-state index contributed by atoms with van der Waals surface area (Å²) in [5.41, 5.74) is 6.88. The van der Waals surface area contributed by atoms with Crippen LogP contribution in [0.5, 0.6) is 0 Å². The van der Waals surface area contributed by atoms with Gasteiger partial charge in [0.1, 0.15) is 5.82 Å². The van der Waals surface area contributed by atoms with Crippen LogP contribution in [0.25, 0.3) is 0 Å². The molecule has 1 aromatic carbocycles. The number of anilines is 1. The molecule has 0 saturated heterocycles. The molecule has 1 aliphatic carbocycles. The molecule has 0 aromatic heterocycles. The summed E-state index contributed by atoms with van der Waals surface area (Å²) in [6, 6.07) is 3.32. The molecule has 64 valence electrons. The third kappa shape index (κ3) is 1.33. The van der Waals surface area contributed by atoms with Crippen molar-refractivity contribution in [1.82, 2.24) is 0 Å². The smallest absolute Gasteiger partial charge is 0.147 e. The molecule has 1 saturated carbocycles. The molecule has 0 spiro atoms. The Balaban J connectivity index is 2.51. The summed E-state index contributed by atoms with van der Waals surface area (Å²) in [6.45, 7) is 0. The highest BCUT2D eigenvalue weighted by Crippen LogP contribution is 2.44. The molecule has 0 aliphatic heterocycles. The maximum Gasteiger partial charge on any atom is 0.147 e. The van der Waals surface area contributed by atoms with Gasteiger partial charge in [-0.2, -0.15) is 0 Å². The standard InChI is InChI=1S/C9H9BrFN/c10-6-3-7(5-1-2-5)9(12)8(11)4-6/h3-5H,1-2,12H2. The van der Waals surface area contributed by atoms with Crippen LogP contribution in [0.2, 0.25) is 0 Å². The Labute approximate surface area is 78.9 Å². The minimum Gasteiger partial charge on any atom is -0.396 e. The quantitative estimate of drug-likeness (QED) is 0.737. The van der Waals surface area contributed by atoms with Crippen molar-refractivity contribution in [3.63, 3.8) is 0 Å². The van der Waals surface area contributed by atoms with E-state index in [1.54, 1.807) is 0 Å². The highest BCUT2D eigenvalue weighted by molar-refractivity contribution is 9.10. The molecule has 1 nitrogen and oxygen atoms in total. The summed E-state index contributed by atoms with van der Waals surface area (Å²) in [4.78, 5) is 0. The predicted molar refractivity (Wildman–Crippen MR) is 50.5 cm³/mol. The molecule has 1 aliphatic rings. The molecular weight excluding hydrogens is 221 g/mol. The molecule has 0 atom stereocenters. The lowest BCUT2D eigenvalue weighted by atomic mass is 10.1. The van der Waals surface area contributed by atoms with Gasteiger partial charge in [-0.15, -0.1) is 0 Å². The van der Waals surface area contributed by atoms with Gasteiger partial charge in [0.15, 0.2) is 0 Å². The Bertz CT molecular complexity index is 321. The first-order valence-electron chi connectivity index (χ1n) is 3.93. The lowest BCUT2D eigenvalue weighted by Gasteiger charge is -2.05. The van der Waals surface area contributed by atoms with E-state index >= 15 is 0 Å². The van der Waals surface area contributed by atoms with Crippen molar-refractivity contribution in [2.75, 3.05) is 5.73 Å². The molecule has 3 heteroatoms. The summed E-state index contributed by atoms with van der Waals surface area (Å²) in [5.74, 6) is 0.184. The number of nitrogens with two attached hydrogens (primary N) is 1. The Hall–Kier alpha value is -0.570. The van der Waals surface area contributed by atoms with Gasteiger partial charge < -0.3 is 5.73 Å². The summed E-state index contributed by atoms with van der Waals surface area (Å²) >= 11 is 3.25. The fraction of sp³-hybridized carbons (Fsp3) is 0.333. The maximum atomic E-state index is 13.1. The molecule has 2 rings (SSSR count). The fourth-order valence-corrected chi connectivity index (χ4v) is 1.78. The molecule has 0 unspecified atom stereocenters. The first-order valence-corrected chi connectivity index (χ1v) is 4.72. The van der Waals surface area contributed by atoms with Gasteiger partial charge in [-0.1, -0.05) is 15.9 Å². The van der Waals surface area contributed by atoms with Gasteiger partial charge in [0.05, 0.1) is 5.69 Å². The molecule has 0 bridgehead atoms. The van der Waals surface area contributed by atoms with E-state index < -0.39 is 0 Å². The summed E-state index contributed by atoms with van der Waals surface area (Å²) < 4.78 is 13.8. The van der Waals surface area contributed by atoms with Crippen LogP contribution in [-0.2, 0) is 0 Å². The monoisotopic (exact) mass is 229 g/mol. The van der Waals surface area contributed by atoms with Crippen molar-refractivity contribution in [2.45, 2.75) is 18.8 Å². The zero-order valence-corrected chi connectivity index (χ0v) is 8.07. The van der Waals surface area contributed by atoms with E-state index in [0.717, 1.165) is 22.9 Å². The molecule has 1 aromatic rings. The molecule has 12 heavy (non-hydrogen) atoms. The lowest BCUT2D eigenvalue weighted by Crippen LogP contribution is -1.96. The zero-order chi connectivity index (χ0) is 8.72. The van der Waals surface area contributed by atoms with Crippen LogP contribution in [0.15, 0.2) is 16.6 Å². The summed E-state index contributed by atoms with van der Waals surface area (Å²) in [5, 5.41) is 0. The molecule has 1 fully saturated rings. The SMILES string of the molecule is Nc1c(F)cc(Br)cc1C1CC1. The van der Waals surface area contributed by atoms with Crippen molar-refractivity contribution >= 4 is 21.6 Å². The van der Waals surface area contributed by atoms with Crippen LogP contribution in [-0.4, -0.2) is 0 Å². The van der Waals surface area contributed by atoms with Gasteiger partial charge in [-0.05, 0) is 36.5 Å². The number of nitrogen functional groups attached to an aromatic ring is 1. The normalized spacial score (nSPS) is 16.5. The van der Waals surface area contributed by atoms with Crippen LogP contribution in [0.1, 0.15) is 24.3 Å². The molecule has 0 heterocycles. The van der Waals surface area contributed by atoms with E-state index in [0.29, 0.717) is 11.6 Å². The van der Waals surface area contributed by atoms with Gasteiger partial charge in [0.25, 0.3) is 0 Å². The van der Waals surface area contributed by atoms with Crippen molar-refractivity contribution in [2.24, 2.45) is 0 Å². The Morgan fingerprint density at radius 2 is 2.08 bits per heavy atom. The largest absolute Gasteiger partial charge is 0.396 e. The van der Waals surface area contributed by atoms with Crippen molar-refractivity contribution in [3.05, 3.63) is 28.0 Å². The third-order valence-corrected chi connectivity index (χ3v) is 2.60.